The van der Waals surface area contributed by atoms with Crippen LogP contribution in [0.5, 0.6) is 5.75 Å². The number of oxime groups is 1. The normalized spacial score (nSPS) is 27.5. The first-order valence-electron chi connectivity index (χ1n) is 15.3. The van der Waals surface area contributed by atoms with E-state index < -0.39 is 57.2 Å². The fraction of sp³-hybridized carbons (Fsp3) is 0.517. The average Bonchev–Trinajstić information content (AvgIpc) is 3.64. The number of amides is 2. The lowest BCUT2D eigenvalue weighted by Gasteiger charge is -2.50. The molecule has 1 aromatic heterocycles. The third kappa shape index (κ3) is 6.53. The van der Waals surface area contributed by atoms with E-state index >= 15 is 0 Å². The summed E-state index contributed by atoms with van der Waals surface area (Å²) < 4.78 is 41.8. The van der Waals surface area contributed by atoms with Crippen molar-refractivity contribution in [1.29, 1.82) is 0 Å². The van der Waals surface area contributed by atoms with Crippen LogP contribution in [0.3, 0.4) is 0 Å². The molecule has 6 rings (SSSR count). The number of nitrogens with zero attached hydrogens (tertiary/aromatic N) is 4. The van der Waals surface area contributed by atoms with Gasteiger partial charge in [-0.05, 0) is 82.2 Å². The molecule has 4 heterocycles. The van der Waals surface area contributed by atoms with Crippen LogP contribution in [-0.2, 0) is 40.3 Å². The van der Waals surface area contributed by atoms with E-state index in [0.29, 0.717) is 34.9 Å². The molecule has 1 saturated carbocycles. The van der Waals surface area contributed by atoms with Gasteiger partial charge in [0.25, 0.3) is 17.4 Å². The number of hydrogen-bond donors (Lipinski definition) is 6. The van der Waals surface area contributed by atoms with E-state index in [4.69, 9.17) is 30.6 Å². The Morgan fingerprint density at radius 3 is 2.69 bits per heavy atom. The Balaban J connectivity index is 1.19. The summed E-state index contributed by atoms with van der Waals surface area (Å²) >= 11 is 0.970. The van der Waals surface area contributed by atoms with Gasteiger partial charge in [0.2, 0.25) is 0 Å². The number of β-lactam (4-membered cyclic amide) rings is 1. The monoisotopic (exact) mass is 720 g/mol. The number of rotatable bonds is 11. The summed E-state index contributed by atoms with van der Waals surface area (Å²) in [6, 6.07) is 4.20. The third-order valence-electron chi connectivity index (χ3n) is 9.50. The summed E-state index contributed by atoms with van der Waals surface area (Å²) in [5, 5.41) is 21.8. The van der Waals surface area contributed by atoms with Gasteiger partial charge in [-0.25, -0.2) is 9.78 Å². The Morgan fingerprint density at radius 2 is 2.06 bits per heavy atom. The van der Waals surface area contributed by atoms with Gasteiger partial charge in [0.15, 0.2) is 16.9 Å². The fourth-order valence-corrected chi connectivity index (χ4v) is 7.49. The number of benzene rings is 1. The first-order chi connectivity index (χ1) is 23.0. The van der Waals surface area contributed by atoms with Gasteiger partial charge in [-0.3, -0.25) is 19.1 Å². The van der Waals surface area contributed by atoms with Crippen molar-refractivity contribution in [2.45, 2.75) is 69.4 Å². The van der Waals surface area contributed by atoms with Crippen LogP contribution in [0.2, 0.25) is 0 Å². The number of anilines is 1. The molecule has 6 atom stereocenters. The number of carbonyl (C=O) groups is 3. The second kappa shape index (κ2) is 12.5. The zero-order valence-electron chi connectivity index (χ0n) is 26.7. The molecule has 0 radical (unpaired) electrons. The second-order valence-electron chi connectivity index (χ2n) is 13.1. The number of nitrogen functional groups attached to an aromatic ring is 1. The molecule has 8 N–H and O–H groups in total. The maximum atomic E-state index is 13.5. The Bertz CT molecular complexity index is 1860. The van der Waals surface area contributed by atoms with Gasteiger partial charge in [0.1, 0.15) is 23.3 Å². The molecule has 0 spiro atoms. The van der Waals surface area contributed by atoms with Crippen molar-refractivity contribution in [1.82, 2.24) is 20.7 Å². The summed E-state index contributed by atoms with van der Waals surface area (Å²) in [6.45, 7) is 5.96. The highest BCUT2D eigenvalue weighted by atomic mass is 32.3. The van der Waals surface area contributed by atoms with Crippen molar-refractivity contribution in [3.8, 4) is 5.75 Å². The highest BCUT2D eigenvalue weighted by molar-refractivity contribution is 7.80. The van der Waals surface area contributed by atoms with Crippen molar-refractivity contribution in [3.05, 3.63) is 40.4 Å². The van der Waals surface area contributed by atoms with Gasteiger partial charge in [0, 0.05) is 17.5 Å². The molecule has 49 heavy (non-hydrogen) atoms. The predicted octanol–water partition coefficient (Wildman–Crippen LogP) is -0.164. The molecule has 3 aliphatic heterocycles. The first-order valence-corrected chi connectivity index (χ1v) is 17.6. The van der Waals surface area contributed by atoms with Crippen molar-refractivity contribution in [3.63, 3.8) is 0 Å². The number of nitrogens with one attached hydrogen (secondary N) is 2. The third-order valence-corrected chi connectivity index (χ3v) is 10.5. The molecule has 4 aliphatic rings. The zero-order valence-corrected chi connectivity index (χ0v) is 28.3. The molecule has 264 valence electrons. The number of carboxylic acid groups (broad SMARTS) is 1. The number of aromatic nitrogens is 1. The summed E-state index contributed by atoms with van der Waals surface area (Å²) in [4.78, 5) is 53.1. The molecular weight excluding hydrogens is 684 g/mol. The lowest BCUT2D eigenvalue weighted by atomic mass is 9.72. The Kier molecular flexibility index (Phi) is 8.80. The van der Waals surface area contributed by atoms with E-state index in [1.165, 1.54) is 26.2 Å². The molecule has 20 heteroatoms. The number of thiazole rings is 1. The quantitative estimate of drug-likeness (QED) is 0.0579. The van der Waals surface area contributed by atoms with Crippen LogP contribution < -0.4 is 26.8 Å². The number of carbonyl (C=O) groups excluding carboxylic acids is 2. The first kappa shape index (κ1) is 34.5. The number of aliphatic imine (C=N–C) groups is 1. The van der Waals surface area contributed by atoms with Crippen LogP contribution in [-0.4, -0.2) is 99.9 Å². The minimum atomic E-state index is -5.03. The van der Waals surface area contributed by atoms with Gasteiger partial charge in [0.05, 0.1) is 11.6 Å². The second-order valence-corrected chi connectivity index (χ2v) is 15.0. The van der Waals surface area contributed by atoms with E-state index in [2.05, 4.69) is 25.1 Å². The van der Waals surface area contributed by atoms with E-state index in [0.717, 1.165) is 42.0 Å². The van der Waals surface area contributed by atoms with Crippen molar-refractivity contribution in [2.24, 2.45) is 27.7 Å². The number of hydrogen-bond acceptors (Lipinski definition) is 14. The number of ether oxygens (including phenoxy) is 1. The van der Waals surface area contributed by atoms with E-state index in [-0.39, 0.29) is 23.3 Å². The highest BCUT2D eigenvalue weighted by Crippen LogP contribution is 2.40. The molecule has 1 aliphatic carbocycles. The van der Waals surface area contributed by atoms with Crippen LogP contribution in [0.4, 0.5) is 5.13 Å². The summed E-state index contributed by atoms with van der Waals surface area (Å²) in [6.07, 6.45) is 0.586. The van der Waals surface area contributed by atoms with Gasteiger partial charge < -0.3 is 36.8 Å². The molecule has 2 amide bonds. The number of amidine groups is 1. The van der Waals surface area contributed by atoms with E-state index in [1.807, 2.05) is 6.07 Å². The number of hydroxylamine groups is 2. The summed E-state index contributed by atoms with van der Waals surface area (Å²) in [5.41, 5.74) is 9.56. The van der Waals surface area contributed by atoms with Gasteiger partial charge in [-0.2, -0.15) is 13.5 Å². The molecule has 18 nitrogen and oxygen atoms in total. The molecule has 0 bridgehead atoms. The largest absolute Gasteiger partial charge is 0.485 e. The summed E-state index contributed by atoms with van der Waals surface area (Å²) in [7, 11) is -5.03. The van der Waals surface area contributed by atoms with E-state index in [1.54, 1.807) is 12.1 Å². The number of nitrogens with two attached hydrogens (primary N) is 2. The molecule has 3 fully saturated rings. The predicted molar refractivity (Wildman–Crippen MR) is 174 cm³/mol. The standard InChI is InChI=1S/C29H36N8O10S2/c1-28(2)22(25(39)37(28)47-49(42,43)44)35-24(38)21(18-12-48-27(31)34-18)36-46-29(3,26(40)41)20-7-5-13-8-14(4-6-19(13)45-20)23(30)33-17-9-15-10-32-11-16(15)17/h4,6,8,12,15-17,20,22,32H,5,7,9-11H2,1-3H3,(H2,30,33)(H2,31,34)(H,35,38)(H,40,41)(H,42,43,44)/b36-21-/t15-,16+,17?,20-,22-,29+/m1/s1. The Morgan fingerprint density at radius 1 is 1.31 bits per heavy atom. The van der Waals surface area contributed by atoms with Crippen LogP contribution in [0, 0.1) is 11.8 Å². The van der Waals surface area contributed by atoms with Gasteiger partial charge >= 0.3 is 16.4 Å². The van der Waals surface area contributed by atoms with Crippen molar-refractivity contribution < 1.29 is 46.3 Å². The minimum absolute atomic E-state index is 0.0639. The van der Waals surface area contributed by atoms with Crippen molar-refractivity contribution in [2.75, 3.05) is 18.8 Å². The number of aliphatic carboxylic acids is 1. The summed E-state index contributed by atoms with van der Waals surface area (Å²) in [5.74, 6) is -1.41. The molecule has 1 aromatic carbocycles. The Labute approximate surface area is 284 Å². The van der Waals surface area contributed by atoms with Crippen LogP contribution in [0.1, 0.15) is 50.4 Å². The zero-order chi connectivity index (χ0) is 35.5. The minimum Gasteiger partial charge on any atom is -0.485 e. The van der Waals surface area contributed by atoms with Crippen LogP contribution in [0.25, 0.3) is 0 Å². The number of aryl methyl sites for hydroxylation is 1. The van der Waals surface area contributed by atoms with Gasteiger partial charge in [-0.1, -0.05) is 5.16 Å². The average molecular weight is 721 g/mol. The molecule has 1 unspecified atom stereocenters. The molecule has 2 saturated heterocycles. The lowest BCUT2D eigenvalue weighted by Crippen LogP contribution is -2.76. The maximum absolute atomic E-state index is 13.5. The fourth-order valence-electron chi connectivity index (χ4n) is 6.48. The topological polar surface area (TPSA) is 270 Å². The highest BCUT2D eigenvalue weighted by Gasteiger charge is 2.58. The SMILES string of the molecule is CC1(C)[C@H](NC(=O)/C(=N\O[C@](C)(C(=O)O)[C@H]2CCc3cc(C(N)=NC4C[C@@H]5CNC[C@H]45)ccc3O2)c2csc(N)n2)C(=O)N1OS(=O)(=O)O. The van der Waals surface area contributed by atoms with E-state index in [9.17, 15) is 27.9 Å². The number of fused-ring (bicyclic) bond motifs is 2. The smallest absolute Gasteiger partial charge is 0.418 e. The lowest BCUT2D eigenvalue weighted by molar-refractivity contribution is -0.218. The van der Waals surface area contributed by atoms with Crippen LogP contribution in [0.15, 0.2) is 33.7 Å². The van der Waals surface area contributed by atoms with Crippen molar-refractivity contribution >= 4 is 56.2 Å². The Hall–Kier alpha value is -4.37. The maximum Gasteiger partial charge on any atom is 0.418 e. The van der Waals surface area contributed by atoms with Gasteiger partial charge in [-0.15, -0.1) is 15.6 Å². The number of carboxylic acids is 1. The molecule has 2 aromatic rings. The molecular formula is C29H36N8O10S2. The van der Waals surface area contributed by atoms with Crippen LogP contribution >= 0.6 is 11.3 Å².